The number of ketones is 1. The van der Waals surface area contributed by atoms with E-state index in [1.165, 1.54) is 25.7 Å². The highest BCUT2D eigenvalue weighted by molar-refractivity contribution is 7.86. The number of aliphatic hydroxyl groups is 1. The molecule has 0 aromatic heterocycles. The van der Waals surface area contributed by atoms with E-state index in [2.05, 4.69) is 27.7 Å². The van der Waals surface area contributed by atoms with Crippen molar-refractivity contribution in [1.82, 2.24) is 0 Å². The second-order valence-corrected chi connectivity index (χ2v) is 13.4. The minimum atomic E-state index is -3.65. The van der Waals surface area contributed by atoms with Crippen LogP contribution in [0.25, 0.3) is 0 Å². The summed E-state index contributed by atoms with van der Waals surface area (Å²) in [5, 5.41) is 12.2. The SMILES string of the molecule is C[C@H]1CC[C@]2(C)C3C[C@@H](C)[C@]4(C)[C@@H](C(=O)COS(C)(=O)=O)CC[C@]4(O)C3CC[C@@H]2C1. The van der Waals surface area contributed by atoms with Crippen molar-refractivity contribution in [3.8, 4) is 0 Å². The summed E-state index contributed by atoms with van der Waals surface area (Å²) in [5.74, 6) is 2.02. The highest BCUT2D eigenvalue weighted by atomic mass is 32.2. The fourth-order valence-corrected chi connectivity index (χ4v) is 8.92. The van der Waals surface area contributed by atoms with E-state index in [1.54, 1.807) is 0 Å². The third kappa shape index (κ3) is 3.23. The van der Waals surface area contributed by atoms with Crippen molar-refractivity contribution in [2.24, 2.45) is 46.3 Å². The van der Waals surface area contributed by atoms with E-state index in [0.717, 1.165) is 30.9 Å². The van der Waals surface area contributed by atoms with E-state index >= 15 is 0 Å². The summed E-state index contributed by atoms with van der Waals surface area (Å²) in [4.78, 5) is 13.0. The second kappa shape index (κ2) is 7.28. The molecule has 4 aliphatic carbocycles. The molecule has 0 amide bonds. The van der Waals surface area contributed by atoms with Gasteiger partial charge in [-0.15, -0.1) is 0 Å². The van der Waals surface area contributed by atoms with Gasteiger partial charge in [-0.25, -0.2) is 0 Å². The first kappa shape index (κ1) is 22.7. The van der Waals surface area contributed by atoms with Gasteiger partial charge in [0.05, 0.1) is 11.9 Å². The van der Waals surface area contributed by atoms with Crippen molar-refractivity contribution < 1.29 is 22.5 Å². The quantitative estimate of drug-likeness (QED) is 0.663. The molecule has 4 fully saturated rings. The van der Waals surface area contributed by atoms with Crippen LogP contribution >= 0.6 is 0 Å². The van der Waals surface area contributed by atoms with Crippen molar-refractivity contribution in [2.45, 2.75) is 84.7 Å². The molecule has 0 heterocycles. The average molecular weight is 441 g/mol. The van der Waals surface area contributed by atoms with Crippen LogP contribution in [0.15, 0.2) is 0 Å². The van der Waals surface area contributed by atoms with Gasteiger partial charge in [0.15, 0.2) is 5.78 Å². The largest absolute Gasteiger partial charge is 0.389 e. The Morgan fingerprint density at radius 2 is 1.73 bits per heavy atom. The standard InChI is InChI=1S/C24H40O5S/c1-15-8-10-22(3)17(12-15)6-7-18-20(22)13-16(2)23(4)19(9-11-24(18,23)26)21(25)14-29-30(5,27)28/h15-20,26H,6-14H2,1-5H3/t15-,16+,17+,18?,19+,20?,22-,23+,24-/m0/s1. The lowest BCUT2D eigenvalue weighted by molar-refractivity contribution is -0.227. The molecule has 4 saturated carbocycles. The maximum absolute atomic E-state index is 13.0. The van der Waals surface area contributed by atoms with Gasteiger partial charge < -0.3 is 5.11 Å². The van der Waals surface area contributed by atoms with Crippen molar-refractivity contribution in [3.63, 3.8) is 0 Å². The Balaban J connectivity index is 1.63. The highest BCUT2D eigenvalue weighted by Crippen LogP contribution is 2.70. The van der Waals surface area contributed by atoms with E-state index in [-0.39, 0.29) is 23.5 Å². The normalized spacial score (nSPS) is 51.0. The summed E-state index contributed by atoms with van der Waals surface area (Å²) in [6, 6.07) is 0. The Morgan fingerprint density at radius 1 is 1.03 bits per heavy atom. The average Bonchev–Trinajstić information content (AvgIpc) is 2.94. The van der Waals surface area contributed by atoms with Crippen molar-refractivity contribution in [1.29, 1.82) is 0 Å². The molecule has 9 atom stereocenters. The van der Waals surface area contributed by atoms with E-state index in [9.17, 15) is 18.3 Å². The van der Waals surface area contributed by atoms with E-state index in [1.807, 2.05) is 0 Å². The Kier molecular flexibility index (Phi) is 5.51. The van der Waals surface area contributed by atoms with Gasteiger partial charge in [-0.05, 0) is 80.0 Å². The lowest BCUT2D eigenvalue weighted by Crippen LogP contribution is -2.65. The first-order valence-electron chi connectivity index (χ1n) is 11.9. The van der Waals surface area contributed by atoms with Crippen LogP contribution in [-0.2, 0) is 19.1 Å². The van der Waals surface area contributed by atoms with Gasteiger partial charge >= 0.3 is 0 Å². The third-order valence-corrected chi connectivity index (χ3v) is 11.0. The zero-order valence-electron chi connectivity index (χ0n) is 19.3. The number of carbonyl (C=O) groups is 1. The number of carbonyl (C=O) groups excluding carboxylic acids is 1. The first-order chi connectivity index (χ1) is 13.8. The van der Waals surface area contributed by atoms with Crippen LogP contribution < -0.4 is 0 Å². The van der Waals surface area contributed by atoms with Gasteiger partial charge in [0, 0.05) is 11.3 Å². The van der Waals surface area contributed by atoms with Gasteiger partial charge in [-0.3, -0.25) is 8.98 Å². The Bertz CT molecular complexity index is 808. The summed E-state index contributed by atoms with van der Waals surface area (Å²) in [6.45, 7) is 8.76. The molecule has 0 aromatic carbocycles. The Hall–Kier alpha value is -0.460. The predicted molar refractivity (Wildman–Crippen MR) is 116 cm³/mol. The fraction of sp³-hybridized carbons (Fsp3) is 0.958. The lowest BCUT2D eigenvalue weighted by atomic mass is 9.41. The number of hydrogen-bond acceptors (Lipinski definition) is 5. The molecule has 0 saturated heterocycles. The molecule has 6 heteroatoms. The fourth-order valence-electron chi connectivity index (χ4n) is 8.59. The van der Waals surface area contributed by atoms with Gasteiger partial charge in [0.2, 0.25) is 0 Å². The minimum absolute atomic E-state index is 0.171. The zero-order valence-corrected chi connectivity index (χ0v) is 20.1. The maximum atomic E-state index is 13.0. The van der Waals surface area contributed by atoms with Gasteiger partial charge in [-0.1, -0.05) is 34.1 Å². The van der Waals surface area contributed by atoms with Crippen LogP contribution in [-0.4, -0.2) is 37.8 Å². The molecule has 1 N–H and O–H groups in total. The van der Waals surface area contributed by atoms with Crippen LogP contribution in [0.4, 0.5) is 0 Å². The molecule has 2 unspecified atom stereocenters. The third-order valence-electron chi connectivity index (χ3n) is 10.5. The summed E-state index contributed by atoms with van der Waals surface area (Å²) in [5.41, 5.74) is -1.07. The molecule has 4 aliphatic rings. The van der Waals surface area contributed by atoms with Crippen molar-refractivity contribution in [3.05, 3.63) is 0 Å². The van der Waals surface area contributed by atoms with E-state index < -0.39 is 27.7 Å². The predicted octanol–water partition coefficient (Wildman–Crippen LogP) is 4.19. The number of rotatable bonds is 4. The van der Waals surface area contributed by atoms with Crippen LogP contribution in [0, 0.1) is 46.3 Å². The lowest BCUT2D eigenvalue weighted by Gasteiger charge is -2.65. The molecular formula is C24H40O5S. The van der Waals surface area contributed by atoms with Crippen LogP contribution in [0.5, 0.6) is 0 Å². The van der Waals surface area contributed by atoms with Crippen LogP contribution in [0.1, 0.15) is 79.1 Å². The summed E-state index contributed by atoms with van der Waals surface area (Å²) < 4.78 is 27.6. The topological polar surface area (TPSA) is 80.7 Å². The Labute approximate surface area is 182 Å². The van der Waals surface area contributed by atoms with Crippen LogP contribution in [0.2, 0.25) is 0 Å². The number of fused-ring (bicyclic) bond motifs is 5. The molecule has 5 nitrogen and oxygen atoms in total. The van der Waals surface area contributed by atoms with Crippen LogP contribution in [0.3, 0.4) is 0 Å². The molecule has 0 aliphatic heterocycles. The van der Waals surface area contributed by atoms with Gasteiger partial charge in [0.25, 0.3) is 10.1 Å². The maximum Gasteiger partial charge on any atom is 0.264 e. The van der Waals surface area contributed by atoms with E-state index in [4.69, 9.17) is 4.18 Å². The summed E-state index contributed by atoms with van der Waals surface area (Å²) in [6.07, 6.45) is 9.39. The molecule has 0 bridgehead atoms. The summed E-state index contributed by atoms with van der Waals surface area (Å²) in [7, 11) is -3.65. The molecule has 0 radical (unpaired) electrons. The second-order valence-electron chi connectivity index (χ2n) is 11.7. The number of hydrogen-bond donors (Lipinski definition) is 1. The van der Waals surface area contributed by atoms with Crippen molar-refractivity contribution in [2.75, 3.05) is 12.9 Å². The first-order valence-corrected chi connectivity index (χ1v) is 13.7. The monoisotopic (exact) mass is 440 g/mol. The molecular weight excluding hydrogens is 400 g/mol. The zero-order chi connectivity index (χ0) is 22.1. The van der Waals surface area contributed by atoms with E-state index in [0.29, 0.717) is 24.2 Å². The molecule has 0 aromatic rings. The Morgan fingerprint density at radius 3 is 2.40 bits per heavy atom. The molecule has 0 spiro atoms. The van der Waals surface area contributed by atoms with Gasteiger partial charge in [-0.2, -0.15) is 8.42 Å². The smallest absolute Gasteiger partial charge is 0.264 e. The molecule has 172 valence electrons. The highest BCUT2D eigenvalue weighted by Gasteiger charge is 2.70. The van der Waals surface area contributed by atoms with Crippen molar-refractivity contribution >= 4 is 15.9 Å². The van der Waals surface area contributed by atoms with Gasteiger partial charge in [0.1, 0.15) is 6.61 Å². The molecule has 4 rings (SSSR count). The number of Topliss-reactive ketones (excluding diaryl/α,β-unsaturated/α-hetero) is 1. The molecule has 30 heavy (non-hydrogen) atoms. The minimum Gasteiger partial charge on any atom is -0.389 e. The summed E-state index contributed by atoms with van der Waals surface area (Å²) >= 11 is 0.